The average molecular weight is 444 g/mol. The van der Waals surface area contributed by atoms with E-state index < -0.39 is 0 Å². The van der Waals surface area contributed by atoms with Crippen LogP contribution in [0.3, 0.4) is 0 Å². The van der Waals surface area contributed by atoms with Crippen LogP contribution in [0.25, 0.3) is 0 Å². The number of urea groups is 1. The van der Waals surface area contributed by atoms with Gasteiger partial charge in [-0.1, -0.05) is 36.2 Å². The van der Waals surface area contributed by atoms with Crippen molar-refractivity contribution in [3.05, 3.63) is 59.1 Å². The normalized spacial score (nSPS) is 16.7. The lowest BCUT2D eigenvalue weighted by Crippen LogP contribution is -2.40. The summed E-state index contributed by atoms with van der Waals surface area (Å²) in [6.07, 6.45) is 4.81. The molecule has 0 saturated carbocycles. The summed E-state index contributed by atoms with van der Waals surface area (Å²) < 4.78 is 5.53. The number of piperidine rings is 1. The third-order valence-corrected chi connectivity index (χ3v) is 6.02. The number of benzene rings is 2. The fourth-order valence-corrected chi connectivity index (χ4v) is 4.24. The molecule has 6 heteroatoms. The smallest absolute Gasteiger partial charge is 0.322 e. The van der Waals surface area contributed by atoms with Crippen LogP contribution in [0.15, 0.2) is 48.5 Å². The molecule has 0 spiro atoms. The molecule has 1 heterocycles. The number of anilines is 1. The van der Waals surface area contributed by atoms with E-state index in [1.165, 1.54) is 19.3 Å². The van der Waals surface area contributed by atoms with Crippen LogP contribution in [0.1, 0.15) is 45.1 Å². The monoisotopic (exact) mass is 443 g/mol. The highest BCUT2D eigenvalue weighted by Gasteiger charge is 2.19. The Bertz CT molecular complexity index is 828. The van der Waals surface area contributed by atoms with E-state index in [2.05, 4.69) is 17.1 Å². The minimum Gasteiger partial charge on any atom is -0.494 e. The molecule has 168 valence electrons. The van der Waals surface area contributed by atoms with Crippen molar-refractivity contribution >= 4 is 23.3 Å². The number of carbonyl (C=O) groups is 1. The van der Waals surface area contributed by atoms with Gasteiger partial charge in [-0.05, 0) is 75.5 Å². The summed E-state index contributed by atoms with van der Waals surface area (Å²) in [6.45, 7) is 8.35. The predicted octanol–water partition coefficient (Wildman–Crippen LogP) is 6.04. The van der Waals surface area contributed by atoms with Crippen LogP contribution < -0.4 is 10.1 Å². The van der Waals surface area contributed by atoms with Crippen LogP contribution in [-0.2, 0) is 6.54 Å². The molecule has 2 amide bonds. The minimum atomic E-state index is -0.108. The molecule has 31 heavy (non-hydrogen) atoms. The van der Waals surface area contributed by atoms with Gasteiger partial charge in [-0.25, -0.2) is 4.79 Å². The number of amides is 2. The summed E-state index contributed by atoms with van der Waals surface area (Å²) >= 11 is 6.08. The molecule has 1 saturated heterocycles. The molecule has 1 atom stereocenters. The highest BCUT2D eigenvalue weighted by molar-refractivity contribution is 6.30. The Balaban J connectivity index is 1.63. The van der Waals surface area contributed by atoms with Gasteiger partial charge in [0.15, 0.2) is 0 Å². The standard InChI is InChI=1S/C25H34ClN3O2/c1-3-31-24-13-11-21(12-14-24)19-29(17-7-16-28-15-5-4-8-20(28)2)25(30)27-23-10-6-9-22(26)18-23/h6,9-14,18,20H,3-5,7-8,15-17,19H2,1-2H3,(H,27,30). The number of hydrogen-bond donors (Lipinski definition) is 1. The number of rotatable bonds is 9. The lowest BCUT2D eigenvalue weighted by Gasteiger charge is -2.34. The topological polar surface area (TPSA) is 44.8 Å². The molecule has 0 bridgehead atoms. The Kier molecular flexibility index (Phi) is 9.04. The fourth-order valence-electron chi connectivity index (χ4n) is 4.05. The van der Waals surface area contributed by atoms with Gasteiger partial charge < -0.3 is 19.9 Å². The van der Waals surface area contributed by atoms with Crippen LogP contribution in [0.4, 0.5) is 10.5 Å². The van der Waals surface area contributed by atoms with Crippen molar-refractivity contribution in [3.8, 4) is 5.75 Å². The van der Waals surface area contributed by atoms with Gasteiger partial charge in [0, 0.05) is 36.4 Å². The van der Waals surface area contributed by atoms with Gasteiger partial charge >= 0.3 is 6.03 Å². The van der Waals surface area contributed by atoms with E-state index in [9.17, 15) is 4.79 Å². The summed E-state index contributed by atoms with van der Waals surface area (Å²) in [6, 6.07) is 15.8. The third kappa shape index (κ3) is 7.44. The average Bonchev–Trinajstić information content (AvgIpc) is 2.76. The zero-order valence-electron chi connectivity index (χ0n) is 18.6. The van der Waals surface area contributed by atoms with E-state index in [1.54, 1.807) is 12.1 Å². The third-order valence-electron chi connectivity index (χ3n) is 5.78. The number of ether oxygens (including phenoxy) is 1. The second-order valence-corrected chi connectivity index (χ2v) is 8.61. The van der Waals surface area contributed by atoms with Crippen LogP contribution in [0, 0.1) is 0 Å². The molecule has 1 N–H and O–H groups in total. The molecular weight excluding hydrogens is 410 g/mol. The van der Waals surface area contributed by atoms with Gasteiger partial charge in [0.2, 0.25) is 0 Å². The molecule has 5 nitrogen and oxygen atoms in total. The zero-order valence-corrected chi connectivity index (χ0v) is 19.4. The van der Waals surface area contributed by atoms with Crippen molar-refractivity contribution in [2.45, 2.75) is 52.1 Å². The first-order chi connectivity index (χ1) is 15.0. The Morgan fingerprint density at radius 1 is 1.23 bits per heavy atom. The maximum absolute atomic E-state index is 13.1. The maximum Gasteiger partial charge on any atom is 0.322 e. The number of nitrogens with one attached hydrogen (secondary N) is 1. The molecule has 0 radical (unpaired) electrons. The van der Waals surface area contributed by atoms with E-state index in [0.717, 1.165) is 30.8 Å². The largest absolute Gasteiger partial charge is 0.494 e. The summed E-state index contributed by atoms with van der Waals surface area (Å²) in [5.74, 6) is 0.847. The first-order valence-corrected chi connectivity index (χ1v) is 11.7. The van der Waals surface area contributed by atoms with Crippen molar-refractivity contribution < 1.29 is 9.53 Å². The van der Waals surface area contributed by atoms with E-state index >= 15 is 0 Å². The van der Waals surface area contributed by atoms with Gasteiger partial charge in [-0.15, -0.1) is 0 Å². The van der Waals surface area contributed by atoms with Crippen LogP contribution in [-0.4, -0.2) is 48.1 Å². The summed E-state index contributed by atoms with van der Waals surface area (Å²) in [7, 11) is 0. The molecule has 1 fully saturated rings. The molecular formula is C25H34ClN3O2. The molecule has 2 aromatic rings. The van der Waals surface area contributed by atoms with Crippen molar-refractivity contribution in [2.75, 3.05) is 31.6 Å². The van der Waals surface area contributed by atoms with Crippen molar-refractivity contribution in [1.82, 2.24) is 9.80 Å². The second-order valence-electron chi connectivity index (χ2n) is 8.17. The molecule has 0 aromatic heterocycles. The molecule has 3 rings (SSSR count). The molecule has 2 aromatic carbocycles. The highest BCUT2D eigenvalue weighted by Crippen LogP contribution is 2.19. The highest BCUT2D eigenvalue weighted by atomic mass is 35.5. The van der Waals surface area contributed by atoms with Crippen LogP contribution >= 0.6 is 11.6 Å². The number of nitrogens with zero attached hydrogens (tertiary/aromatic N) is 2. The minimum absolute atomic E-state index is 0.108. The second kappa shape index (κ2) is 12.0. The molecule has 1 unspecified atom stereocenters. The van der Waals surface area contributed by atoms with E-state index in [0.29, 0.717) is 36.4 Å². The Morgan fingerprint density at radius 2 is 2.03 bits per heavy atom. The molecule has 1 aliphatic rings. The van der Waals surface area contributed by atoms with Crippen LogP contribution in [0.5, 0.6) is 5.75 Å². The zero-order chi connectivity index (χ0) is 22.1. The van der Waals surface area contributed by atoms with E-state index in [-0.39, 0.29) is 6.03 Å². The Labute approximate surface area is 191 Å². The lowest BCUT2D eigenvalue weighted by molar-refractivity contribution is 0.150. The van der Waals surface area contributed by atoms with Crippen molar-refractivity contribution in [2.24, 2.45) is 0 Å². The summed E-state index contributed by atoms with van der Waals surface area (Å²) in [4.78, 5) is 17.5. The SMILES string of the molecule is CCOc1ccc(CN(CCCN2CCCCC2C)C(=O)Nc2cccc(Cl)c2)cc1. The van der Waals surface area contributed by atoms with E-state index in [4.69, 9.17) is 16.3 Å². The maximum atomic E-state index is 13.1. The molecule has 1 aliphatic heterocycles. The van der Waals surface area contributed by atoms with Gasteiger partial charge in [0.1, 0.15) is 5.75 Å². The van der Waals surface area contributed by atoms with Gasteiger partial charge in [0.05, 0.1) is 6.61 Å². The Morgan fingerprint density at radius 3 is 2.74 bits per heavy atom. The Hall–Kier alpha value is -2.24. The predicted molar refractivity (Wildman–Crippen MR) is 128 cm³/mol. The van der Waals surface area contributed by atoms with Gasteiger partial charge in [-0.2, -0.15) is 0 Å². The van der Waals surface area contributed by atoms with Gasteiger partial charge in [-0.3, -0.25) is 0 Å². The van der Waals surface area contributed by atoms with Gasteiger partial charge in [0.25, 0.3) is 0 Å². The summed E-state index contributed by atoms with van der Waals surface area (Å²) in [5, 5.41) is 3.60. The van der Waals surface area contributed by atoms with Crippen molar-refractivity contribution in [1.29, 1.82) is 0 Å². The quantitative estimate of drug-likeness (QED) is 0.514. The fraction of sp³-hybridized carbons (Fsp3) is 0.480. The lowest BCUT2D eigenvalue weighted by atomic mass is 10.0. The molecule has 0 aliphatic carbocycles. The first kappa shape index (κ1) is 23.4. The number of likely N-dealkylation sites (tertiary alicyclic amines) is 1. The van der Waals surface area contributed by atoms with E-state index in [1.807, 2.05) is 48.2 Å². The van der Waals surface area contributed by atoms with Crippen LogP contribution in [0.2, 0.25) is 5.02 Å². The first-order valence-electron chi connectivity index (χ1n) is 11.3. The van der Waals surface area contributed by atoms with Crippen molar-refractivity contribution in [3.63, 3.8) is 0 Å². The number of hydrogen-bond acceptors (Lipinski definition) is 3. The number of halogens is 1. The summed E-state index contributed by atoms with van der Waals surface area (Å²) in [5.41, 5.74) is 1.79. The number of carbonyl (C=O) groups excluding carboxylic acids is 1.